The first-order valence-corrected chi connectivity index (χ1v) is 13.9. The maximum atomic E-state index is 12.7. The van der Waals surface area contributed by atoms with Crippen LogP contribution in [0.1, 0.15) is 33.6 Å². The van der Waals surface area contributed by atoms with E-state index in [9.17, 15) is 4.79 Å². The molecular weight excluding hydrogens is 558 g/mol. The molecule has 1 saturated heterocycles. The molecule has 1 fully saturated rings. The number of aryl methyl sites for hydroxylation is 3. The molecule has 2 heterocycles. The lowest BCUT2D eigenvalue weighted by molar-refractivity contribution is -0.115. The molecule has 0 unspecified atom stereocenters. The van der Waals surface area contributed by atoms with Gasteiger partial charge in [0.25, 0.3) is 5.91 Å². The predicted octanol–water partition coefficient (Wildman–Crippen LogP) is 7.94. The predicted molar refractivity (Wildman–Crippen MR) is 160 cm³/mol. The van der Waals surface area contributed by atoms with Crippen molar-refractivity contribution >= 4 is 50.5 Å². The number of hydrogen-bond acceptors (Lipinski definition) is 4. The van der Waals surface area contributed by atoms with Crippen LogP contribution in [0.15, 0.2) is 87.2 Å². The molecular formula is C31H28BrN3O2S. The molecule has 5 rings (SSSR count). The Balaban J connectivity index is 1.32. The van der Waals surface area contributed by atoms with Crippen molar-refractivity contribution in [3.8, 4) is 11.4 Å². The molecule has 1 aromatic heterocycles. The van der Waals surface area contributed by atoms with Crippen LogP contribution in [0.3, 0.4) is 0 Å². The van der Waals surface area contributed by atoms with E-state index in [0.717, 1.165) is 44.1 Å². The fourth-order valence-corrected chi connectivity index (χ4v) is 5.40. The number of aliphatic imine (C=N–C) groups is 1. The molecule has 1 amide bonds. The van der Waals surface area contributed by atoms with E-state index in [0.29, 0.717) is 16.7 Å². The Morgan fingerprint density at radius 3 is 2.39 bits per heavy atom. The number of nitrogens with one attached hydrogen (secondary N) is 1. The summed E-state index contributed by atoms with van der Waals surface area (Å²) in [4.78, 5) is 17.9. The van der Waals surface area contributed by atoms with E-state index in [4.69, 9.17) is 4.74 Å². The fraction of sp³-hybridized carbons (Fsp3) is 0.161. The lowest BCUT2D eigenvalue weighted by atomic mass is 10.1. The van der Waals surface area contributed by atoms with E-state index < -0.39 is 0 Å². The van der Waals surface area contributed by atoms with Gasteiger partial charge in [0.05, 0.1) is 10.6 Å². The number of halogens is 1. The van der Waals surface area contributed by atoms with Crippen LogP contribution >= 0.6 is 27.7 Å². The Labute approximate surface area is 235 Å². The Hall–Kier alpha value is -3.55. The molecule has 1 aliphatic rings. The van der Waals surface area contributed by atoms with Crippen molar-refractivity contribution in [1.82, 2.24) is 9.88 Å². The summed E-state index contributed by atoms with van der Waals surface area (Å²) in [5, 5.41) is 3.49. The normalized spacial score (nSPS) is 15.3. The number of ether oxygens (including phenoxy) is 1. The zero-order valence-corrected chi connectivity index (χ0v) is 24.1. The van der Waals surface area contributed by atoms with Crippen LogP contribution in [0.5, 0.6) is 5.75 Å². The Morgan fingerprint density at radius 1 is 0.947 bits per heavy atom. The van der Waals surface area contributed by atoms with Crippen LogP contribution in [0.2, 0.25) is 0 Å². The number of amidine groups is 1. The van der Waals surface area contributed by atoms with Gasteiger partial charge in [0.15, 0.2) is 5.17 Å². The fourth-order valence-electron chi connectivity index (χ4n) is 4.30. The van der Waals surface area contributed by atoms with Gasteiger partial charge >= 0.3 is 0 Å². The molecule has 1 aliphatic heterocycles. The van der Waals surface area contributed by atoms with Crippen molar-refractivity contribution in [2.24, 2.45) is 4.99 Å². The molecule has 0 bridgehead atoms. The van der Waals surface area contributed by atoms with Crippen LogP contribution < -0.4 is 10.1 Å². The van der Waals surface area contributed by atoms with Crippen molar-refractivity contribution < 1.29 is 9.53 Å². The minimum atomic E-state index is -0.130. The van der Waals surface area contributed by atoms with E-state index in [-0.39, 0.29) is 5.91 Å². The highest BCUT2D eigenvalue weighted by Gasteiger charge is 2.24. The van der Waals surface area contributed by atoms with Gasteiger partial charge in [0.2, 0.25) is 0 Å². The molecule has 3 aromatic carbocycles. The quantitative estimate of drug-likeness (QED) is 0.234. The van der Waals surface area contributed by atoms with Crippen molar-refractivity contribution in [2.75, 3.05) is 0 Å². The molecule has 0 atom stereocenters. The third-order valence-corrected chi connectivity index (χ3v) is 7.98. The van der Waals surface area contributed by atoms with Gasteiger partial charge in [-0.05, 0) is 122 Å². The number of amides is 1. The summed E-state index contributed by atoms with van der Waals surface area (Å²) >= 11 is 4.82. The number of nitrogens with zero attached hydrogens (tertiary/aromatic N) is 2. The third kappa shape index (κ3) is 5.79. The van der Waals surface area contributed by atoms with E-state index in [2.05, 4.69) is 76.7 Å². The minimum Gasteiger partial charge on any atom is -0.489 e. The molecule has 0 saturated carbocycles. The Morgan fingerprint density at radius 2 is 1.68 bits per heavy atom. The summed E-state index contributed by atoms with van der Waals surface area (Å²) in [6.07, 6.45) is 1.94. The number of hydrogen-bond donors (Lipinski definition) is 1. The number of benzene rings is 3. The topological polar surface area (TPSA) is 55.6 Å². The highest BCUT2D eigenvalue weighted by molar-refractivity contribution is 9.10. The number of aromatic nitrogens is 1. The summed E-state index contributed by atoms with van der Waals surface area (Å²) in [7, 11) is 0. The van der Waals surface area contributed by atoms with Gasteiger partial charge < -0.3 is 14.6 Å². The lowest BCUT2D eigenvalue weighted by Crippen LogP contribution is -2.19. The van der Waals surface area contributed by atoms with Crippen molar-refractivity contribution in [2.45, 2.75) is 34.3 Å². The summed E-state index contributed by atoms with van der Waals surface area (Å²) < 4.78 is 9.20. The van der Waals surface area contributed by atoms with Gasteiger partial charge in [-0.3, -0.25) is 4.79 Å². The highest BCUT2D eigenvalue weighted by Crippen LogP contribution is 2.31. The van der Waals surface area contributed by atoms with Gasteiger partial charge in [-0.1, -0.05) is 34.1 Å². The Bertz CT molecular complexity index is 1570. The van der Waals surface area contributed by atoms with Crippen LogP contribution in [0.4, 0.5) is 5.69 Å². The first-order chi connectivity index (χ1) is 18.3. The first-order valence-electron chi connectivity index (χ1n) is 12.3. The second kappa shape index (κ2) is 11.1. The van der Waals surface area contributed by atoms with Gasteiger partial charge in [0, 0.05) is 21.5 Å². The monoisotopic (exact) mass is 585 g/mol. The second-order valence-electron chi connectivity index (χ2n) is 9.32. The molecule has 7 heteroatoms. The zero-order valence-electron chi connectivity index (χ0n) is 21.7. The van der Waals surface area contributed by atoms with Crippen molar-refractivity contribution in [3.63, 3.8) is 0 Å². The first kappa shape index (κ1) is 26.1. The molecule has 38 heavy (non-hydrogen) atoms. The molecule has 0 radical (unpaired) electrons. The Kier molecular flexibility index (Phi) is 7.58. The van der Waals surface area contributed by atoms with E-state index in [1.54, 1.807) is 0 Å². The van der Waals surface area contributed by atoms with Gasteiger partial charge in [-0.2, -0.15) is 0 Å². The molecule has 192 valence electrons. The summed E-state index contributed by atoms with van der Waals surface area (Å²) in [5.74, 6) is 0.686. The third-order valence-electron chi connectivity index (χ3n) is 6.54. The van der Waals surface area contributed by atoms with Crippen LogP contribution in [0, 0.1) is 27.7 Å². The number of thioether (sulfide) groups is 1. The van der Waals surface area contributed by atoms with Gasteiger partial charge in [0.1, 0.15) is 12.4 Å². The number of carbonyl (C=O) groups is 1. The maximum Gasteiger partial charge on any atom is 0.264 e. The number of rotatable bonds is 6. The largest absolute Gasteiger partial charge is 0.489 e. The number of carbonyl (C=O) groups excluding carboxylic acids is 1. The summed E-state index contributed by atoms with van der Waals surface area (Å²) in [6, 6.07) is 24.3. The zero-order chi connectivity index (χ0) is 26.8. The van der Waals surface area contributed by atoms with Crippen LogP contribution in [-0.2, 0) is 11.4 Å². The molecule has 1 N–H and O–H groups in total. The van der Waals surface area contributed by atoms with Crippen molar-refractivity contribution in [1.29, 1.82) is 0 Å². The van der Waals surface area contributed by atoms with E-state index in [1.165, 1.54) is 22.9 Å². The molecule has 0 spiro atoms. The molecule has 5 nitrogen and oxygen atoms in total. The van der Waals surface area contributed by atoms with Gasteiger partial charge in [-0.15, -0.1) is 0 Å². The SMILES string of the molecule is Cc1ccc(N=C2NC(=O)/C(=C/c3cc(C)n(-c4ccc(OCc5ccc(Br)cc5)cc4)c3C)S2)cc1C. The van der Waals surface area contributed by atoms with Crippen LogP contribution in [-0.4, -0.2) is 15.6 Å². The van der Waals surface area contributed by atoms with E-state index in [1.807, 2.05) is 60.7 Å². The molecule has 4 aromatic rings. The van der Waals surface area contributed by atoms with E-state index >= 15 is 0 Å². The van der Waals surface area contributed by atoms with Crippen molar-refractivity contribution in [3.05, 3.63) is 116 Å². The van der Waals surface area contributed by atoms with Gasteiger partial charge in [-0.25, -0.2) is 4.99 Å². The molecule has 0 aliphatic carbocycles. The lowest BCUT2D eigenvalue weighted by Gasteiger charge is -2.11. The summed E-state index contributed by atoms with van der Waals surface area (Å²) in [5.41, 5.74) is 8.54. The average Bonchev–Trinajstić information content (AvgIpc) is 3.38. The average molecular weight is 587 g/mol. The van der Waals surface area contributed by atoms with Crippen LogP contribution in [0.25, 0.3) is 11.8 Å². The summed E-state index contributed by atoms with van der Waals surface area (Å²) in [6.45, 7) is 8.79. The second-order valence-corrected chi connectivity index (χ2v) is 11.3. The minimum absolute atomic E-state index is 0.130. The smallest absolute Gasteiger partial charge is 0.264 e. The standard InChI is InChI=1S/C31H28BrN3O2S/c1-19-5-10-26(15-20(19)2)33-31-34-30(36)29(38-31)17-24-16-21(3)35(22(24)4)27-11-13-28(14-12-27)37-18-23-6-8-25(32)9-7-23/h5-17H,18H2,1-4H3,(H,33,34,36)/b29-17-. The highest BCUT2D eigenvalue weighted by atomic mass is 79.9. The maximum absolute atomic E-state index is 12.7.